The lowest BCUT2D eigenvalue weighted by molar-refractivity contribution is -0.117. The summed E-state index contributed by atoms with van der Waals surface area (Å²) in [5.41, 5.74) is 0.980. The monoisotopic (exact) mass is 301 g/mol. The number of nitrogens with one attached hydrogen (secondary N) is 1. The molecule has 0 spiro atoms. The van der Waals surface area contributed by atoms with E-state index in [9.17, 15) is 4.79 Å². The topological polar surface area (TPSA) is 86.5 Å². The zero-order valence-electron chi connectivity index (χ0n) is 11.9. The van der Waals surface area contributed by atoms with E-state index in [1.807, 2.05) is 18.2 Å². The van der Waals surface area contributed by atoms with E-state index in [4.69, 9.17) is 13.9 Å². The van der Waals surface area contributed by atoms with Crippen molar-refractivity contribution < 1.29 is 18.7 Å². The number of carbonyl (C=O) groups is 1. The predicted octanol–water partition coefficient (Wildman–Crippen LogP) is 1.78. The SMILES string of the molecule is O=C(Nc1nnc(Cc2ccc3c(c2)OCCO3)o1)C1CC1. The van der Waals surface area contributed by atoms with Gasteiger partial charge in [-0.1, -0.05) is 11.2 Å². The molecule has 1 fully saturated rings. The molecule has 7 nitrogen and oxygen atoms in total. The van der Waals surface area contributed by atoms with Crippen LogP contribution in [0.3, 0.4) is 0 Å². The summed E-state index contributed by atoms with van der Waals surface area (Å²) in [6.45, 7) is 1.12. The van der Waals surface area contributed by atoms with E-state index in [1.165, 1.54) is 0 Å². The van der Waals surface area contributed by atoms with Crippen LogP contribution in [0.4, 0.5) is 6.01 Å². The fourth-order valence-electron chi connectivity index (χ4n) is 2.30. The van der Waals surface area contributed by atoms with Crippen molar-refractivity contribution in [1.29, 1.82) is 0 Å². The van der Waals surface area contributed by atoms with Crippen molar-refractivity contribution >= 4 is 11.9 Å². The minimum Gasteiger partial charge on any atom is -0.486 e. The third-order valence-corrected chi connectivity index (χ3v) is 3.61. The van der Waals surface area contributed by atoms with Gasteiger partial charge in [0.2, 0.25) is 11.8 Å². The molecule has 0 bridgehead atoms. The van der Waals surface area contributed by atoms with Crippen LogP contribution in [-0.2, 0) is 11.2 Å². The van der Waals surface area contributed by atoms with Crippen molar-refractivity contribution in [3.63, 3.8) is 0 Å². The normalized spacial score (nSPS) is 16.4. The van der Waals surface area contributed by atoms with Gasteiger partial charge in [-0.3, -0.25) is 10.1 Å². The van der Waals surface area contributed by atoms with Gasteiger partial charge >= 0.3 is 6.01 Å². The highest BCUT2D eigenvalue weighted by molar-refractivity contribution is 5.92. The van der Waals surface area contributed by atoms with Crippen molar-refractivity contribution in [3.05, 3.63) is 29.7 Å². The van der Waals surface area contributed by atoms with Gasteiger partial charge in [-0.2, -0.15) is 0 Å². The molecule has 0 radical (unpaired) electrons. The third kappa shape index (κ3) is 2.74. The Labute approximate surface area is 126 Å². The summed E-state index contributed by atoms with van der Waals surface area (Å²) in [6, 6.07) is 5.86. The van der Waals surface area contributed by atoms with E-state index >= 15 is 0 Å². The zero-order valence-corrected chi connectivity index (χ0v) is 11.9. The summed E-state index contributed by atoms with van der Waals surface area (Å²) < 4.78 is 16.5. The number of nitrogens with zero attached hydrogens (tertiary/aromatic N) is 2. The Bertz CT molecular complexity index is 709. The maximum Gasteiger partial charge on any atom is 0.322 e. The van der Waals surface area contributed by atoms with Crippen LogP contribution >= 0.6 is 0 Å². The van der Waals surface area contributed by atoms with Gasteiger partial charge in [-0.15, -0.1) is 5.10 Å². The number of aromatic nitrogens is 2. The molecule has 0 atom stereocenters. The Morgan fingerprint density at radius 3 is 2.82 bits per heavy atom. The molecule has 1 aromatic carbocycles. The Morgan fingerprint density at radius 1 is 1.18 bits per heavy atom. The second-order valence-corrected chi connectivity index (χ2v) is 5.42. The molecule has 1 aromatic heterocycles. The van der Waals surface area contributed by atoms with Gasteiger partial charge in [0.05, 0.1) is 6.42 Å². The van der Waals surface area contributed by atoms with Gasteiger partial charge in [0, 0.05) is 5.92 Å². The maximum atomic E-state index is 11.6. The van der Waals surface area contributed by atoms with Crippen molar-refractivity contribution in [3.8, 4) is 11.5 Å². The summed E-state index contributed by atoms with van der Waals surface area (Å²) in [6.07, 6.45) is 2.34. The molecule has 0 saturated heterocycles. The van der Waals surface area contributed by atoms with Gasteiger partial charge < -0.3 is 13.9 Å². The number of rotatable bonds is 4. The number of carbonyl (C=O) groups excluding carboxylic acids is 1. The highest BCUT2D eigenvalue weighted by Crippen LogP contribution is 2.32. The Morgan fingerprint density at radius 2 is 2.00 bits per heavy atom. The van der Waals surface area contributed by atoms with Crippen LogP contribution in [0, 0.1) is 5.92 Å². The molecule has 1 amide bonds. The van der Waals surface area contributed by atoms with E-state index in [1.54, 1.807) is 0 Å². The quantitative estimate of drug-likeness (QED) is 0.926. The molecule has 1 saturated carbocycles. The van der Waals surface area contributed by atoms with Crippen LogP contribution in [0.25, 0.3) is 0 Å². The second kappa shape index (κ2) is 5.32. The minimum absolute atomic E-state index is 0.0467. The summed E-state index contributed by atoms with van der Waals surface area (Å²) in [7, 11) is 0. The molecule has 0 unspecified atom stereocenters. The molecule has 114 valence electrons. The highest BCUT2D eigenvalue weighted by atomic mass is 16.6. The molecule has 1 aliphatic carbocycles. The van der Waals surface area contributed by atoms with Crippen molar-refractivity contribution in [1.82, 2.24) is 10.2 Å². The number of benzene rings is 1. The number of anilines is 1. The Hall–Kier alpha value is -2.57. The molecular weight excluding hydrogens is 286 g/mol. The van der Waals surface area contributed by atoms with Crippen LogP contribution in [0.15, 0.2) is 22.6 Å². The molecule has 2 aromatic rings. The molecule has 1 N–H and O–H groups in total. The van der Waals surface area contributed by atoms with Crippen molar-refractivity contribution in [2.24, 2.45) is 5.92 Å². The van der Waals surface area contributed by atoms with Crippen molar-refractivity contribution in [2.45, 2.75) is 19.3 Å². The van der Waals surface area contributed by atoms with E-state index in [0.29, 0.717) is 25.5 Å². The fraction of sp³-hybridized carbons (Fsp3) is 0.400. The largest absolute Gasteiger partial charge is 0.486 e. The van der Waals surface area contributed by atoms with Crippen LogP contribution in [0.1, 0.15) is 24.3 Å². The minimum atomic E-state index is -0.0467. The first-order valence-electron chi connectivity index (χ1n) is 7.30. The highest BCUT2D eigenvalue weighted by Gasteiger charge is 2.30. The van der Waals surface area contributed by atoms with Crippen LogP contribution < -0.4 is 14.8 Å². The summed E-state index contributed by atoms with van der Waals surface area (Å²) in [4.78, 5) is 11.6. The molecule has 2 heterocycles. The average molecular weight is 301 g/mol. The summed E-state index contributed by atoms with van der Waals surface area (Å²) >= 11 is 0. The van der Waals surface area contributed by atoms with Gasteiger partial charge in [-0.25, -0.2) is 0 Å². The molecule has 1 aliphatic heterocycles. The van der Waals surface area contributed by atoms with Gasteiger partial charge in [0.25, 0.3) is 0 Å². The summed E-state index contributed by atoms with van der Waals surface area (Å²) in [5, 5.41) is 10.4. The molecule has 7 heteroatoms. The van der Waals surface area contributed by atoms with E-state index in [0.717, 1.165) is 29.9 Å². The zero-order chi connectivity index (χ0) is 14.9. The van der Waals surface area contributed by atoms with Crippen LogP contribution in [-0.4, -0.2) is 29.3 Å². The Balaban J connectivity index is 1.44. The van der Waals surface area contributed by atoms with Crippen LogP contribution in [0.2, 0.25) is 0 Å². The van der Waals surface area contributed by atoms with E-state index in [-0.39, 0.29) is 17.8 Å². The smallest absolute Gasteiger partial charge is 0.322 e. The Kier molecular flexibility index (Phi) is 3.17. The van der Waals surface area contributed by atoms with Crippen LogP contribution in [0.5, 0.6) is 11.5 Å². The number of fused-ring (bicyclic) bond motifs is 1. The lowest BCUT2D eigenvalue weighted by atomic mass is 10.1. The molecule has 2 aliphatic rings. The number of ether oxygens (including phenoxy) is 2. The van der Waals surface area contributed by atoms with Gasteiger partial charge in [-0.05, 0) is 30.5 Å². The lowest BCUT2D eigenvalue weighted by Crippen LogP contribution is -2.15. The molecular formula is C15H15N3O4. The second-order valence-electron chi connectivity index (χ2n) is 5.42. The first-order valence-corrected chi connectivity index (χ1v) is 7.30. The van der Waals surface area contributed by atoms with Gasteiger partial charge in [0.15, 0.2) is 11.5 Å². The number of amides is 1. The molecule has 22 heavy (non-hydrogen) atoms. The standard InChI is InChI=1S/C15H15N3O4/c19-14(10-2-3-10)16-15-18-17-13(22-15)8-9-1-4-11-12(7-9)21-6-5-20-11/h1,4,7,10H,2-3,5-6,8H2,(H,16,18,19). The predicted molar refractivity (Wildman–Crippen MR) is 75.9 cm³/mol. The maximum absolute atomic E-state index is 11.6. The summed E-state index contributed by atoms with van der Waals surface area (Å²) in [5.74, 6) is 1.98. The van der Waals surface area contributed by atoms with E-state index < -0.39 is 0 Å². The first-order chi connectivity index (χ1) is 10.8. The van der Waals surface area contributed by atoms with Gasteiger partial charge in [0.1, 0.15) is 13.2 Å². The molecule has 4 rings (SSSR count). The third-order valence-electron chi connectivity index (χ3n) is 3.61. The first kappa shape index (κ1) is 13.1. The van der Waals surface area contributed by atoms with Crippen molar-refractivity contribution in [2.75, 3.05) is 18.5 Å². The lowest BCUT2D eigenvalue weighted by Gasteiger charge is -2.18. The van der Waals surface area contributed by atoms with E-state index in [2.05, 4.69) is 15.5 Å². The number of hydrogen-bond donors (Lipinski definition) is 1. The number of hydrogen-bond acceptors (Lipinski definition) is 6. The fourth-order valence-corrected chi connectivity index (χ4v) is 2.30. The average Bonchev–Trinajstić information content (AvgIpc) is 3.30.